The predicted octanol–water partition coefficient (Wildman–Crippen LogP) is 3.90. The molecule has 29 heavy (non-hydrogen) atoms. The van der Waals surface area contributed by atoms with E-state index >= 15 is 0 Å². The third kappa shape index (κ3) is 4.21. The maximum atomic E-state index is 13.0. The van der Waals surface area contributed by atoms with Gasteiger partial charge in [0.15, 0.2) is 0 Å². The SMILES string of the molecule is CC(C)c1ccc2c(c1)C(NC(=O)N(C)C1CCN(c3cnccn3)CC1)CC2. The smallest absolute Gasteiger partial charge is 0.317 e. The van der Waals surface area contributed by atoms with Crippen molar-refractivity contribution in [1.82, 2.24) is 20.2 Å². The molecule has 1 aromatic carbocycles. The van der Waals surface area contributed by atoms with Gasteiger partial charge in [0.2, 0.25) is 0 Å². The molecule has 2 heterocycles. The summed E-state index contributed by atoms with van der Waals surface area (Å²) in [6.45, 7) is 6.22. The number of anilines is 1. The molecule has 1 saturated heterocycles. The second-order valence-corrected chi connectivity index (χ2v) is 8.55. The van der Waals surface area contributed by atoms with E-state index in [0.29, 0.717) is 5.92 Å². The van der Waals surface area contributed by atoms with Gasteiger partial charge in [-0.2, -0.15) is 0 Å². The first kappa shape index (κ1) is 19.7. The van der Waals surface area contributed by atoms with E-state index in [2.05, 4.69) is 52.2 Å². The minimum atomic E-state index is 0.0377. The van der Waals surface area contributed by atoms with Crippen LogP contribution < -0.4 is 10.2 Å². The van der Waals surface area contributed by atoms with E-state index in [1.807, 2.05) is 11.9 Å². The molecular formula is C23H31N5O. The fourth-order valence-corrected chi connectivity index (χ4v) is 4.48. The van der Waals surface area contributed by atoms with Crippen molar-refractivity contribution in [3.8, 4) is 0 Å². The quantitative estimate of drug-likeness (QED) is 0.856. The van der Waals surface area contributed by atoms with Gasteiger partial charge in [-0.1, -0.05) is 32.0 Å². The summed E-state index contributed by atoms with van der Waals surface area (Å²) in [6, 6.07) is 7.17. The highest BCUT2D eigenvalue weighted by molar-refractivity contribution is 5.75. The fraction of sp³-hybridized carbons (Fsp3) is 0.522. The van der Waals surface area contributed by atoms with Crippen LogP contribution in [0.4, 0.5) is 10.6 Å². The summed E-state index contributed by atoms with van der Waals surface area (Å²) in [6.07, 6.45) is 9.14. The molecule has 0 radical (unpaired) electrons. The average Bonchev–Trinajstić information content (AvgIpc) is 3.16. The molecule has 1 unspecified atom stereocenters. The minimum absolute atomic E-state index is 0.0377. The third-order valence-electron chi connectivity index (χ3n) is 6.42. The first-order chi connectivity index (χ1) is 14.0. The zero-order valence-electron chi connectivity index (χ0n) is 17.6. The summed E-state index contributed by atoms with van der Waals surface area (Å²) in [5, 5.41) is 3.29. The second kappa shape index (κ2) is 8.39. The van der Waals surface area contributed by atoms with Gasteiger partial charge in [-0.05, 0) is 48.3 Å². The van der Waals surface area contributed by atoms with Gasteiger partial charge in [-0.25, -0.2) is 9.78 Å². The van der Waals surface area contributed by atoms with Crippen LogP contribution in [0.3, 0.4) is 0 Å². The average molecular weight is 394 g/mol. The Balaban J connectivity index is 1.35. The van der Waals surface area contributed by atoms with Crippen LogP contribution in [-0.2, 0) is 6.42 Å². The number of rotatable bonds is 4. The minimum Gasteiger partial charge on any atom is -0.355 e. The Bertz CT molecular complexity index is 846. The van der Waals surface area contributed by atoms with Crippen LogP contribution in [0.2, 0.25) is 0 Å². The molecule has 1 atom stereocenters. The van der Waals surface area contributed by atoms with Crippen molar-refractivity contribution in [2.24, 2.45) is 0 Å². The molecule has 0 saturated carbocycles. The molecule has 1 N–H and O–H groups in total. The number of nitrogens with one attached hydrogen (secondary N) is 1. The molecular weight excluding hydrogens is 362 g/mol. The molecule has 2 aromatic rings. The molecule has 0 spiro atoms. The van der Waals surface area contributed by atoms with Crippen molar-refractivity contribution in [2.45, 2.75) is 57.5 Å². The van der Waals surface area contributed by atoms with Gasteiger partial charge in [0.1, 0.15) is 5.82 Å². The lowest BCUT2D eigenvalue weighted by molar-refractivity contribution is 0.176. The van der Waals surface area contributed by atoms with E-state index in [-0.39, 0.29) is 18.1 Å². The number of amides is 2. The van der Waals surface area contributed by atoms with Crippen molar-refractivity contribution in [3.05, 3.63) is 53.5 Å². The van der Waals surface area contributed by atoms with Crippen LogP contribution in [0.15, 0.2) is 36.8 Å². The number of urea groups is 1. The van der Waals surface area contributed by atoms with E-state index in [0.717, 1.165) is 44.6 Å². The Morgan fingerprint density at radius 1 is 1.21 bits per heavy atom. The molecule has 1 aromatic heterocycles. The summed E-state index contributed by atoms with van der Waals surface area (Å²) < 4.78 is 0. The standard InChI is InChI=1S/C23H31N5O/c1-16(2)18-5-4-17-6-7-21(20(17)14-18)26-23(29)27(3)19-8-12-28(13-9-19)22-15-24-10-11-25-22/h4-5,10-11,14-16,19,21H,6-9,12-13H2,1-3H3,(H,26,29). The van der Waals surface area contributed by atoms with Crippen LogP contribution in [0.25, 0.3) is 0 Å². The topological polar surface area (TPSA) is 61.4 Å². The number of fused-ring (bicyclic) bond motifs is 1. The molecule has 4 rings (SSSR count). The van der Waals surface area contributed by atoms with Crippen LogP contribution >= 0.6 is 0 Å². The molecule has 1 aliphatic carbocycles. The number of piperidine rings is 1. The Labute approximate surface area is 173 Å². The first-order valence-corrected chi connectivity index (χ1v) is 10.7. The molecule has 6 heteroatoms. The molecule has 2 aliphatic rings. The summed E-state index contributed by atoms with van der Waals surface area (Å²) >= 11 is 0. The van der Waals surface area contributed by atoms with Gasteiger partial charge in [0.25, 0.3) is 0 Å². The number of aromatic nitrogens is 2. The number of nitrogens with zero attached hydrogens (tertiary/aromatic N) is 4. The van der Waals surface area contributed by atoms with Crippen LogP contribution in [0, 0.1) is 0 Å². The maximum absolute atomic E-state index is 13.0. The second-order valence-electron chi connectivity index (χ2n) is 8.55. The van der Waals surface area contributed by atoms with Crippen molar-refractivity contribution in [2.75, 3.05) is 25.0 Å². The molecule has 6 nitrogen and oxygen atoms in total. The highest BCUT2D eigenvalue weighted by atomic mass is 16.2. The van der Waals surface area contributed by atoms with Gasteiger partial charge >= 0.3 is 6.03 Å². The lowest BCUT2D eigenvalue weighted by Crippen LogP contribution is -2.49. The lowest BCUT2D eigenvalue weighted by Gasteiger charge is -2.37. The highest BCUT2D eigenvalue weighted by Crippen LogP contribution is 2.33. The number of hydrogen-bond acceptors (Lipinski definition) is 4. The van der Waals surface area contributed by atoms with E-state index < -0.39 is 0 Å². The number of aryl methyl sites for hydroxylation is 1. The normalized spacial score (nSPS) is 19.3. The van der Waals surface area contributed by atoms with Gasteiger partial charge in [0.05, 0.1) is 12.2 Å². The number of hydrogen-bond donors (Lipinski definition) is 1. The molecule has 154 valence electrons. The van der Waals surface area contributed by atoms with Gasteiger partial charge < -0.3 is 15.1 Å². The lowest BCUT2D eigenvalue weighted by atomic mass is 9.97. The van der Waals surface area contributed by atoms with Crippen molar-refractivity contribution in [1.29, 1.82) is 0 Å². The Kier molecular flexibility index (Phi) is 5.69. The first-order valence-electron chi connectivity index (χ1n) is 10.7. The predicted molar refractivity (Wildman–Crippen MR) is 115 cm³/mol. The molecule has 2 amide bonds. The van der Waals surface area contributed by atoms with E-state index in [1.165, 1.54) is 16.7 Å². The highest BCUT2D eigenvalue weighted by Gasteiger charge is 2.29. The summed E-state index contributed by atoms with van der Waals surface area (Å²) in [4.78, 5) is 25.6. The largest absolute Gasteiger partial charge is 0.355 e. The number of carbonyl (C=O) groups is 1. The van der Waals surface area contributed by atoms with E-state index in [9.17, 15) is 4.79 Å². The zero-order chi connectivity index (χ0) is 20.4. The third-order valence-corrected chi connectivity index (χ3v) is 6.42. The van der Waals surface area contributed by atoms with Crippen LogP contribution in [0.1, 0.15) is 61.8 Å². The van der Waals surface area contributed by atoms with Crippen molar-refractivity contribution >= 4 is 11.8 Å². The Morgan fingerprint density at radius 2 is 2.00 bits per heavy atom. The maximum Gasteiger partial charge on any atom is 0.317 e. The Morgan fingerprint density at radius 3 is 2.69 bits per heavy atom. The summed E-state index contributed by atoms with van der Waals surface area (Å²) in [5.74, 6) is 1.42. The van der Waals surface area contributed by atoms with E-state index in [1.54, 1.807) is 18.6 Å². The molecule has 1 aliphatic heterocycles. The van der Waals surface area contributed by atoms with Crippen molar-refractivity contribution < 1.29 is 4.79 Å². The number of benzene rings is 1. The fourth-order valence-electron chi connectivity index (χ4n) is 4.48. The van der Waals surface area contributed by atoms with E-state index in [4.69, 9.17) is 0 Å². The monoisotopic (exact) mass is 393 g/mol. The molecule has 0 bridgehead atoms. The van der Waals surface area contributed by atoms with Crippen LogP contribution in [-0.4, -0.2) is 47.1 Å². The molecule has 1 fully saturated rings. The number of carbonyl (C=O) groups excluding carboxylic acids is 1. The zero-order valence-corrected chi connectivity index (χ0v) is 17.6. The van der Waals surface area contributed by atoms with Crippen molar-refractivity contribution in [3.63, 3.8) is 0 Å². The summed E-state index contributed by atoms with van der Waals surface area (Å²) in [5.41, 5.74) is 4.02. The van der Waals surface area contributed by atoms with Gasteiger partial charge in [-0.15, -0.1) is 0 Å². The summed E-state index contributed by atoms with van der Waals surface area (Å²) in [7, 11) is 1.93. The van der Waals surface area contributed by atoms with Gasteiger partial charge in [-0.3, -0.25) is 4.98 Å². The Hall–Kier alpha value is -2.63. The van der Waals surface area contributed by atoms with Crippen LogP contribution in [0.5, 0.6) is 0 Å². The van der Waals surface area contributed by atoms with Gasteiger partial charge in [0, 0.05) is 38.6 Å².